The first kappa shape index (κ1) is 14.5. The second kappa shape index (κ2) is 4.94. The minimum atomic E-state index is -1.23. The van der Waals surface area contributed by atoms with E-state index in [0.29, 0.717) is 6.61 Å². The molecule has 17 heavy (non-hydrogen) atoms. The average molecular weight is 258 g/mol. The third-order valence-electron chi connectivity index (χ3n) is 3.03. The molecule has 0 radical (unpaired) electrons. The van der Waals surface area contributed by atoms with Gasteiger partial charge in [0, 0.05) is 11.1 Å². The Hall–Kier alpha value is -0.610. The van der Waals surface area contributed by atoms with Crippen molar-refractivity contribution in [3.8, 4) is 0 Å². The number of hydrogen-bond acceptors (Lipinski definition) is 3. The van der Waals surface area contributed by atoms with Gasteiger partial charge in [-0.1, -0.05) is 30.3 Å². The maximum Gasteiger partial charge on any atom is 0.208 e. The molecule has 1 fully saturated rings. The topological polar surface area (TPSA) is 41.5 Å². The quantitative estimate of drug-likeness (QED) is 0.809. The molecule has 0 unspecified atom stereocenters. The zero-order valence-electron chi connectivity index (χ0n) is 10.4. The lowest BCUT2D eigenvalue weighted by atomic mass is 9.93. The Morgan fingerprint density at radius 2 is 1.88 bits per heavy atom. The van der Waals surface area contributed by atoms with Crippen molar-refractivity contribution >= 4 is 12.4 Å². The maximum absolute atomic E-state index is 10.6. The molecule has 0 spiro atoms. The van der Waals surface area contributed by atoms with Crippen LogP contribution >= 0.6 is 12.4 Å². The van der Waals surface area contributed by atoms with Gasteiger partial charge in [-0.2, -0.15) is 0 Å². The third kappa shape index (κ3) is 2.80. The van der Waals surface area contributed by atoms with Crippen molar-refractivity contribution < 1.29 is 9.84 Å². The molecule has 0 bridgehead atoms. The highest BCUT2D eigenvalue weighted by molar-refractivity contribution is 5.85. The fraction of sp³-hybridized carbons (Fsp3) is 0.538. The molecule has 96 valence electrons. The number of nitrogens with one attached hydrogen (secondary N) is 1. The summed E-state index contributed by atoms with van der Waals surface area (Å²) in [5, 5.41) is 13.9. The van der Waals surface area contributed by atoms with Crippen molar-refractivity contribution in [2.45, 2.75) is 38.1 Å². The summed E-state index contributed by atoms with van der Waals surface area (Å²) in [4.78, 5) is 0. The fourth-order valence-corrected chi connectivity index (χ4v) is 2.15. The Morgan fingerprint density at radius 3 is 2.41 bits per heavy atom. The van der Waals surface area contributed by atoms with Crippen LogP contribution in [0.15, 0.2) is 30.3 Å². The van der Waals surface area contributed by atoms with E-state index in [-0.39, 0.29) is 24.0 Å². The molecule has 1 aliphatic rings. The summed E-state index contributed by atoms with van der Waals surface area (Å²) in [6.07, 6.45) is 0. The number of rotatable bonds is 1. The van der Waals surface area contributed by atoms with Gasteiger partial charge < -0.3 is 15.2 Å². The zero-order chi connectivity index (χ0) is 11.8. The Bertz CT molecular complexity index is 369. The molecule has 1 aliphatic heterocycles. The number of morpholine rings is 1. The van der Waals surface area contributed by atoms with Crippen LogP contribution in [-0.4, -0.2) is 23.3 Å². The molecular weight excluding hydrogens is 238 g/mol. The third-order valence-corrected chi connectivity index (χ3v) is 3.03. The molecule has 1 aromatic rings. The number of aliphatic hydroxyl groups is 1. The van der Waals surface area contributed by atoms with Gasteiger partial charge in [0.25, 0.3) is 0 Å². The van der Waals surface area contributed by atoms with Gasteiger partial charge >= 0.3 is 0 Å². The molecule has 1 aromatic carbocycles. The first-order valence-corrected chi connectivity index (χ1v) is 5.64. The highest BCUT2D eigenvalue weighted by atomic mass is 35.5. The largest absolute Gasteiger partial charge is 0.361 e. The molecule has 3 nitrogen and oxygen atoms in total. The van der Waals surface area contributed by atoms with Crippen LogP contribution in [-0.2, 0) is 10.5 Å². The van der Waals surface area contributed by atoms with Gasteiger partial charge in [-0.05, 0) is 20.8 Å². The predicted molar refractivity (Wildman–Crippen MR) is 70.2 cm³/mol. The van der Waals surface area contributed by atoms with Crippen LogP contribution in [0.4, 0.5) is 0 Å². The van der Waals surface area contributed by atoms with E-state index in [1.165, 1.54) is 0 Å². The average Bonchev–Trinajstić information content (AvgIpc) is 2.25. The predicted octanol–water partition coefficient (Wildman–Crippen LogP) is 2.04. The molecule has 2 atom stereocenters. The molecule has 1 saturated heterocycles. The van der Waals surface area contributed by atoms with Crippen LogP contribution in [0, 0.1) is 0 Å². The monoisotopic (exact) mass is 257 g/mol. The Morgan fingerprint density at radius 1 is 1.29 bits per heavy atom. The Labute approximate surface area is 109 Å². The molecule has 1 heterocycles. The van der Waals surface area contributed by atoms with Crippen LogP contribution < -0.4 is 5.32 Å². The number of hydrogen-bond donors (Lipinski definition) is 2. The standard InChI is InChI=1S/C13H19NO2.ClH/c1-10-13(15,11-7-5-4-6-8-11)16-9-12(2,3)14-10;/h4-8,10,14-15H,9H2,1-3H3;1H/t10-,13+;/m1./s1. The molecule has 2 N–H and O–H groups in total. The van der Waals surface area contributed by atoms with Gasteiger partial charge in [0.2, 0.25) is 5.79 Å². The van der Waals surface area contributed by atoms with Gasteiger partial charge in [-0.15, -0.1) is 12.4 Å². The summed E-state index contributed by atoms with van der Waals surface area (Å²) in [5.74, 6) is -1.23. The first-order valence-electron chi connectivity index (χ1n) is 5.64. The van der Waals surface area contributed by atoms with Crippen molar-refractivity contribution in [3.63, 3.8) is 0 Å². The normalized spacial score (nSPS) is 31.6. The van der Waals surface area contributed by atoms with E-state index in [1.54, 1.807) is 0 Å². The Kier molecular flexibility index (Phi) is 4.20. The Balaban J connectivity index is 0.00000144. The molecule has 4 heteroatoms. The smallest absolute Gasteiger partial charge is 0.208 e. The van der Waals surface area contributed by atoms with Crippen LogP contribution in [0.3, 0.4) is 0 Å². The number of benzene rings is 1. The minimum Gasteiger partial charge on any atom is -0.361 e. The van der Waals surface area contributed by atoms with E-state index in [0.717, 1.165) is 5.56 Å². The summed E-state index contributed by atoms with van der Waals surface area (Å²) >= 11 is 0. The van der Waals surface area contributed by atoms with Gasteiger partial charge in [0.1, 0.15) is 0 Å². The van der Waals surface area contributed by atoms with Gasteiger partial charge in [0.15, 0.2) is 0 Å². The van der Waals surface area contributed by atoms with Crippen LogP contribution in [0.1, 0.15) is 26.3 Å². The van der Waals surface area contributed by atoms with E-state index in [2.05, 4.69) is 19.2 Å². The fourth-order valence-electron chi connectivity index (χ4n) is 2.15. The van der Waals surface area contributed by atoms with Crippen LogP contribution in [0.2, 0.25) is 0 Å². The minimum absolute atomic E-state index is 0. The molecular formula is C13H20ClNO2. The highest BCUT2D eigenvalue weighted by Gasteiger charge is 2.44. The summed E-state index contributed by atoms with van der Waals surface area (Å²) < 4.78 is 5.67. The summed E-state index contributed by atoms with van der Waals surface area (Å²) in [5.41, 5.74) is 0.700. The summed E-state index contributed by atoms with van der Waals surface area (Å²) in [6.45, 7) is 6.55. The van der Waals surface area contributed by atoms with Crippen molar-refractivity contribution in [2.75, 3.05) is 6.61 Å². The SMILES string of the molecule is C[C@H]1NC(C)(C)CO[C@]1(O)c1ccccc1.Cl. The molecule has 0 amide bonds. The summed E-state index contributed by atoms with van der Waals surface area (Å²) in [6, 6.07) is 9.37. The second-order valence-corrected chi connectivity index (χ2v) is 5.10. The van der Waals surface area contributed by atoms with E-state index < -0.39 is 5.79 Å². The molecule has 2 rings (SSSR count). The second-order valence-electron chi connectivity index (χ2n) is 5.10. The summed E-state index contributed by atoms with van der Waals surface area (Å²) in [7, 11) is 0. The van der Waals surface area contributed by atoms with Gasteiger partial charge in [-0.25, -0.2) is 0 Å². The lowest BCUT2D eigenvalue weighted by Crippen LogP contribution is -2.63. The van der Waals surface area contributed by atoms with Crippen LogP contribution in [0.25, 0.3) is 0 Å². The molecule has 0 aromatic heterocycles. The zero-order valence-corrected chi connectivity index (χ0v) is 11.3. The van der Waals surface area contributed by atoms with E-state index in [1.807, 2.05) is 37.3 Å². The molecule has 0 saturated carbocycles. The van der Waals surface area contributed by atoms with E-state index in [4.69, 9.17) is 4.74 Å². The van der Waals surface area contributed by atoms with Crippen molar-refractivity contribution in [1.82, 2.24) is 5.32 Å². The number of ether oxygens (including phenoxy) is 1. The highest BCUT2D eigenvalue weighted by Crippen LogP contribution is 2.32. The lowest BCUT2D eigenvalue weighted by Gasteiger charge is -2.46. The van der Waals surface area contributed by atoms with Gasteiger partial charge in [-0.3, -0.25) is 0 Å². The first-order chi connectivity index (χ1) is 7.44. The van der Waals surface area contributed by atoms with Crippen molar-refractivity contribution in [1.29, 1.82) is 0 Å². The van der Waals surface area contributed by atoms with Crippen molar-refractivity contribution in [3.05, 3.63) is 35.9 Å². The van der Waals surface area contributed by atoms with E-state index >= 15 is 0 Å². The van der Waals surface area contributed by atoms with Crippen LogP contribution in [0.5, 0.6) is 0 Å². The van der Waals surface area contributed by atoms with Crippen molar-refractivity contribution in [2.24, 2.45) is 0 Å². The lowest BCUT2D eigenvalue weighted by molar-refractivity contribution is -0.263. The van der Waals surface area contributed by atoms with Gasteiger partial charge in [0.05, 0.1) is 12.6 Å². The molecule has 0 aliphatic carbocycles. The van der Waals surface area contributed by atoms with E-state index in [9.17, 15) is 5.11 Å². The number of halogens is 1. The maximum atomic E-state index is 10.6.